The standard InChI is InChI=1S/C24H22FN3O3/c1-30-21-10-5-15(11-22(21)31-2)24(29)28-17-8-9-20(28)18-13-26-23(27-19(18)12-17)14-3-6-16(25)7-4-14/h3-7,10-11,13,17,20H,8-9,12H2,1-2H3. The molecule has 1 amide bonds. The molecule has 2 aromatic carbocycles. The van der Waals surface area contributed by atoms with Gasteiger partial charge >= 0.3 is 0 Å². The van der Waals surface area contributed by atoms with Crippen molar-refractivity contribution >= 4 is 5.91 Å². The minimum Gasteiger partial charge on any atom is -0.493 e. The number of ether oxygens (including phenoxy) is 2. The number of hydrogen-bond donors (Lipinski definition) is 0. The summed E-state index contributed by atoms with van der Waals surface area (Å²) in [5.74, 6) is 1.39. The molecule has 2 bridgehead atoms. The van der Waals surface area contributed by atoms with Crippen molar-refractivity contribution in [3.63, 3.8) is 0 Å². The van der Waals surface area contributed by atoms with Crippen LogP contribution in [0, 0.1) is 5.82 Å². The summed E-state index contributed by atoms with van der Waals surface area (Å²) < 4.78 is 23.9. The third-order valence-corrected chi connectivity index (χ3v) is 6.16. The lowest BCUT2D eigenvalue weighted by molar-refractivity contribution is 0.0643. The number of halogens is 1. The molecule has 0 spiro atoms. The van der Waals surface area contributed by atoms with Gasteiger partial charge in [-0.3, -0.25) is 4.79 Å². The van der Waals surface area contributed by atoms with Crippen LogP contribution in [0.25, 0.3) is 11.4 Å². The number of methoxy groups -OCH3 is 2. The van der Waals surface area contributed by atoms with Crippen LogP contribution in [0.2, 0.25) is 0 Å². The molecule has 2 unspecified atom stereocenters. The fraction of sp³-hybridized carbons (Fsp3) is 0.292. The van der Waals surface area contributed by atoms with E-state index in [4.69, 9.17) is 14.5 Å². The first-order chi connectivity index (χ1) is 15.1. The van der Waals surface area contributed by atoms with Crippen molar-refractivity contribution in [3.8, 4) is 22.9 Å². The van der Waals surface area contributed by atoms with Gasteiger partial charge in [0.05, 0.1) is 26.0 Å². The van der Waals surface area contributed by atoms with Crippen LogP contribution in [-0.2, 0) is 6.42 Å². The number of carbonyl (C=O) groups excluding carboxylic acids is 1. The van der Waals surface area contributed by atoms with Gasteiger partial charge in [-0.25, -0.2) is 14.4 Å². The number of rotatable bonds is 4. The maximum atomic E-state index is 13.4. The predicted molar refractivity (Wildman–Crippen MR) is 113 cm³/mol. The molecule has 0 N–H and O–H groups in total. The van der Waals surface area contributed by atoms with E-state index in [9.17, 15) is 9.18 Å². The Kier molecular flexibility index (Phi) is 4.81. The predicted octanol–water partition coefficient (Wildman–Crippen LogP) is 4.20. The smallest absolute Gasteiger partial charge is 0.254 e. The average molecular weight is 419 g/mol. The quantitative estimate of drug-likeness (QED) is 0.634. The first kappa shape index (κ1) is 19.5. The van der Waals surface area contributed by atoms with Crippen molar-refractivity contribution in [1.29, 1.82) is 0 Å². The SMILES string of the molecule is COc1ccc(C(=O)N2C3CCC2c2cnc(-c4ccc(F)cc4)nc2C3)cc1OC. The van der Waals surface area contributed by atoms with E-state index in [1.54, 1.807) is 44.6 Å². The van der Waals surface area contributed by atoms with Gasteiger partial charge in [0.15, 0.2) is 17.3 Å². The number of carbonyl (C=O) groups is 1. The molecule has 0 aliphatic carbocycles. The molecule has 1 fully saturated rings. The van der Waals surface area contributed by atoms with E-state index in [1.807, 2.05) is 11.1 Å². The zero-order valence-corrected chi connectivity index (χ0v) is 17.3. The highest BCUT2D eigenvalue weighted by molar-refractivity contribution is 5.96. The highest BCUT2D eigenvalue weighted by atomic mass is 19.1. The molecule has 3 heterocycles. The molecule has 6 nitrogen and oxygen atoms in total. The van der Waals surface area contributed by atoms with Crippen molar-refractivity contribution in [2.45, 2.75) is 31.3 Å². The second kappa shape index (κ2) is 7.65. The Labute approximate surface area is 179 Å². The maximum absolute atomic E-state index is 13.4. The summed E-state index contributed by atoms with van der Waals surface area (Å²) in [5.41, 5.74) is 3.31. The number of aromatic nitrogens is 2. The fourth-order valence-electron chi connectivity index (χ4n) is 4.64. The normalized spacial score (nSPS) is 19.1. The highest BCUT2D eigenvalue weighted by Crippen LogP contribution is 2.44. The Balaban J connectivity index is 1.46. The lowest BCUT2D eigenvalue weighted by Gasteiger charge is -2.36. The molecule has 1 aromatic heterocycles. The zero-order valence-electron chi connectivity index (χ0n) is 17.3. The van der Waals surface area contributed by atoms with Gasteiger partial charge in [-0.15, -0.1) is 0 Å². The monoisotopic (exact) mass is 419 g/mol. The van der Waals surface area contributed by atoms with Gasteiger partial charge in [-0.1, -0.05) is 0 Å². The van der Waals surface area contributed by atoms with Crippen molar-refractivity contribution in [1.82, 2.24) is 14.9 Å². The van der Waals surface area contributed by atoms with Crippen LogP contribution >= 0.6 is 0 Å². The van der Waals surface area contributed by atoms with Gasteiger partial charge in [0.25, 0.3) is 5.91 Å². The molecule has 2 atom stereocenters. The Morgan fingerprint density at radius 2 is 1.84 bits per heavy atom. The summed E-state index contributed by atoms with van der Waals surface area (Å²) in [6.45, 7) is 0. The van der Waals surface area contributed by atoms with Gasteiger partial charge in [0.2, 0.25) is 0 Å². The summed E-state index contributed by atoms with van der Waals surface area (Å²) in [5, 5.41) is 0. The van der Waals surface area contributed by atoms with E-state index in [0.29, 0.717) is 29.3 Å². The number of nitrogens with zero attached hydrogens (tertiary/aromatic N) is 3. The fourth-order valence-corrected chi connectivity index (χ4v) is 4.64. The van der Waals surface area contributed by atoms with Gasteiger partial charge in [0, 0.05) is 35.3 Å². The van der Waals surface area contributed by atoms with Crippen LogP contribution < -0.4 is 9.47 Å². The lowest BCUT2D eigenvalue weighted by atomic mass is 9.97. The number of amides is 1. The Bertz CT molecular complexity index is 1150. The maximum Gasteiger partial charge on any atom is 0.254 e. The summed E-state index contributed by atoms with van der Waals surface area (Å²) in [4.78, 5) is 24.7. The zero-order chi connectivity index (χ0) is 21.5. The molecule has 3 aromatic rings. The van der Waals surface area contributed by atoms with Crippen LogP contribution in [0.4, 0.5) is 4.39 Å². The van der Waals surface area contributed by atoms with E-state index in [-0.39, 0.29) is 23.8 Å². The molecule has 0 radical (unpaired) electrons. The number of fused-ring (bicyclic) bond motifs is 4. The third kappa shape index (κ3) is 3.30. The Morgan fingerprint density at radius 1 is 1.06 bits per heavy atom. The van der Waals surface area contributed by atoms with Crippen LogP contribution in [0.3, 0.4) is 0 Å². The summed E-state index contributed by atoms with van der Waals surface area (Å²) in [7, 11) is 3.13. The summed E-state index contributed by atoms with van der Waals surface area (Å²) in [6, 6.07) is 11.5. The summed E-state index contributed by atoms with van der Waals surface area (Å²) >= 11 is 0. The van der Waals surface area contributed by atoms with Crippen LogP contribution in [0.5, 0.6) is 11.5 Å². The molecule has 0 saturated carbocycles. The minimum atomic E-state index is -0.288. The Hall–Kier alpha value is -3.48. The van der Waals surface area contributed by atoms with Crippen molar-refractivity contribution in [2.75, 3.05) is 14.2 Å². The molecule has 2 aliphatic heterocycles. The average Bonchev–Trinajstić information content (AvgIpc) is 3.12. The van der Waals surface area contributed by atoms with E-state index in [2.05, 4.69) is 4.98 Å². The molecule has 5 rings (SSSR count). The molecular weight excluding hydrogens is 397 g/mol. The molecule has 2 aliphatic rings. The second-order valence-corrected chi connectivity index (χ2v) is 7.84. The van der Waals surface area contributed by atoms with Crippen LogP contribution in [-0.4, -0.2) is 41.0 Å². The number of hydrogen-bond acceptors (Lipinski definition) is 5. The molecule has 31 heavy (non-hydrogen) atoms. The number of benzene rings is 2. The van der Waals surface area contributed by atoms with Crippen molar-refractivity contribution in [2.24, 2.45) is 0 Å². The second-order valence-electron chi connectivity index (χ2n) is 7.84. The van der Waals surface area contributed by atoms with Crippen molar-refractivity contribution in [3.05, 3.63) is 71.3 Å². The minimum absolute atomic E-state index is 0.0262. The van der Waals surface area contributed by atoms with Crippen molar-refractivity contribution < 1.29 is 18.7 Å². The third-order valence-electron chi connectivity index (χ3n) is 6.16. The van der Waals surface area contributed by atoms with E-state index in [0.717, 1.165) is 29.7 Å². The highest BCUT2D eigenvalue weighted by Gasteiger charge is 2.43. The topological polar surface area (TPSA) is 64.5 Å². The summed E-state index contributed by atoms with van der Waals surface area (Å²) in [6.07, 6.45) is 4.31. The molecule has 158 valence electrons. The van der Waals surface area contributed by atoms with E-state index < -0.39 is 0 Å². The first-order valence-electron chi connectivity index (χ1n) is 10.3. The van der Waals surface area contributed by atoms with Gasteiger partial charge < -0.3 is 14.4 Å². The van der Waals surface area contributed by atoms with Crippen LogP contribution in [0.1, 0.15) is 40.5 Å². The van der Waals surface area contributed by atoms with Gasteiger partial charge in [-0.2, -0.15) is 0 Å². The molecule has 7 heteroatoms. The van der Waals surface area contributed by atoms with Gasteiger partial charge in [0.1, 0.15) is 5.82 Å². The first-order valence-corrected chi connectivity index (χ1v) is 10.3. The Morgan fingerprint density at radius 3 is 2.58 bits per heavy atom. The lowest BCUT2D eigenvalue weighted by Crippen LogP contribution is -2.42. The largest absolute Gasteiger partial charge is 0.493 e. The van der Waals surface area contributed by atoms with E-state index >= 15 is 0 Å². The molecule has 1 saturated heterocycles. The molecular formula is C24H22FN3O3. The van der Waals surface area contributed by atoms with Crippen LogP contribution in [0.15, 0.2) is 48.7 Å². The van der Waals surface area contributed by atoms with E-state index in [1.165, 1.54) is 12.1 Å². The van der Waals surface area contributed by atoms with Gasteiger partial charge in [-0.05, 0) is 55.3 Å².